The summed E-state index contributed by atoms with van der Waals surface area (Å²) in [5.74, 6) is -0.0828. The topological polar surface area (TPSA) is 98.1 Å². The molecular formula is C22H25N5O2. The molecule has 0 bridgehead atoms. The van der Waals surface area contributed by atoms with E-state index >= 15 is 0 Å². The van der Waals surface area contributed by atoms with E-state index in [4.69, 9.17) is 5.26 Å². The van der Waals surface area contributed by atoms with Gasteiger partial charge >= 0.3 is 6.03 Å². The molecule has 29 heavy (non-hydrogen) atoms. The van der Waals surface area contributed by atoms with Crippen molar-refractivity contribution in [3.63, 3.8) is 0 Å². The number of pyridine rings is 1. The molecule has 1 aromatic carbocycles. The van der Waals surface area contributed by atoms with Gasteiger partial charge in [-0.25, -0.2) is 4.79 Å². The van der Waals surface area contributed by atoms with Gasteiger partial charge in [0.25, 0.3) is 0 Å². The van der Waals surface area contributed by atoms with E-state index in [1.165, 1.54) is 0 Å². The van der Waals surface area contributed by atoms with Crippen LogP contribution in [-0.4, -0.2) is 41.0 Å². The van der Waals surface area contributed by atoms with Crippen LogP contribution in [0.4, 0.5) is 4.79 Å². The summed E-state index contributed by atoms with van der Waals surface area (Å²) in [7, 11) is 0. The van der Waals surface area contributed by atoms with E-state index in [9.17, 15) is 9.59 Å². The number of nitrogens with one attached hydrogen (secondary N) is 2. The zero-order valence-electron chi connectivity index (χ0n) is 16.7. The average Bonchev–Trinajstić information content (AvgIpc) is 3.03. The number of aryl methyl sites for hydroxylation is 2. The number of carbonyl (C=O) groups excluding carboxylic acids is 2. The lowest BCUT2D eigenvalue weighted by Gasteiger charge is -2.17. The van der Waals surface area contributed by atoms with Crippen LogP contribution >= 0.6 is 0 Å². The van der Waals surface area contributed by atoms with Crippen molar-refractivity contribution in [2.45, 2.75) is 39.3 Å². The number of hydrogen-bond donors (Lipinski definition) is 2. The summed E-state index contributed by atoms with van der Waals surface area (Å²) in [6.45, 7) is 5.53. The molecule has 2 N–H and O–H groups in total. The molecule has 1 aliphatic rings. The van der Waals surface area contributed by atoms with E-state index in [0.29, 0.717) is 38.0 Å². The van der Waals surface area contributed by atoms with Crippen LogP contribution in [0.3, 0.4) is 0 Å². The first-order valence-corrected chi connectivity index (χ1v) is 9.70. The van der Waals surface area contributed by atoms with Crippen molar-refractivity contribution in [1.29, 1.82) is 5.26 Å². The number of benzene rings is 1. The summed E-state index contributed by atoms with van der Waals surface area (Å²) in [5, 5.41) is 14.4. The predicted octanol–water partition coefficient (Wildman–Crippen LogP) is 2.21. The van der Waals surface area contributed by atoms with Gasteiger partial charge in [-0.2, -0.15) is 5.26 Å². The highest BCUT2D eigenvalue weighted by Gasteiger charge is 2.32. The van der Waals surface area contributed by atoms with Crippen LogP contribution in [0, 0.1) is 25.2 Å². The molecule has 0 spiro atoms. The van der Waals surface area contributed by atoms with E-state index < -0.39 is 6.04 Å². The maximum atomic E-state index is 12.6. The third-order valence-corrected chi connectivity index (χ3v) is 5.03. The molecule has 3 rings (SSSR count). The fourth-order valence-electron chi connectivity index (χ4n) is 3.44. The lowest BCUT2D eigenvalue weighted by Crippen LogP contribution is -2.46. The molecule has 7 heteroatoms. The van der Waals surface area contributed by atoms with Gasteiger partial charge in [0.2, 0.25) is 5.91 Å². The van der Waals surface area contributed by atoms with Crippen LogP contribution in [0.25, 0.3) is 0 Å². The molecule has 1 atom stereocenters. The third kappa shape index (κ3) is 5.32. The van der Waals surface area contributed by atoms with Gasteiger partial charge in [0, 0.05) is 37.9 Å². The van der Waals surface area contributed by atoms with E-state index in [0.717, 1.165) is 22.4 Å². The van der Waals surface area contributed by atoms with E-state index in [1.54, 1.807) is 17.0 Å². The highest BCUT2D eigenvalue weighted by atomic mass is 16.2. The Morgan fingerprint density at radius 1 is 1.31 bits per heavy atom. The summed E-state index contributed by atoms with van der Waals surface area (Å²) in [4.78, 5) is 30.9. The molecular weight excluding hydrogens is 366 g/mol. The van der Waals surface area contributed by atoms with Gasteiger partial charge < -0.3 is 15.5 Å². The number of hydrogen-bond acceptors (Lipinski definition) is 4. The smallest absolute Gasteiger partial charge is 0.315 e. The van der Waals surface area contributed by atoms with Crippen molar-refractivity contribution in [3.05, 3.63) is 64.5 Å². The van der Waals surface area contributed by atoms with Crippen molar-refractivity contribution in [1.82, 2.24) is 20.5 Å². The van der Waals surface area contributed by atoms with Gasteiger partial charge in [-0.3, -0.25) is 9.78 Å². The van der Waals surface area contributed by atoms with Crippen LogP contribution in [0.2, 0.25) is 0 Å². The Morgan fingerprint density at radius 3 is 2.76 bits per heavy atom. The number of rotatable bonds is 6. The Bertz CT molecular complexity index is 933. The largest absolute Gasteiger partial charge is 0.338 e. The van der Waals surface area contributed by atoms with Crippen molar-refractivity contribution < 1.29 is 9.59 Å². The summed E-state index contributed by atoms with van der Waals surface area (Å²) >= 11 is 0. The second-order valence-electron chi connectivity index (χ2n) is 7.34. The Balaban J connectivity index is 1.44. The van der Waals surface area contributed by atoms with Gasteiger partial charge in [0.05, 0.1) is 11.6 Å². The first-order chi connectivity index (χ1) is 14.0. The number of nitrogens with zero attached hydrogens (tertiary/aromatic N) is 3. The zero-order valence-corrected chi connectivity index (χ0v) is 16.7. The number of amides is 3. The first kappa shape index (κ1) is 20.3. The number of likely N-dealkylation sites (tertiary alicyclic amines) is 1. The van der Waals surface area contributed by atoms with Gasteiger partial charge in [-0.05, 0) is 49.1 Å². The minimum Gasteiger partial charge on any atom is -0.338 e. The Hall–Kier alpha value is -3.40. The monoisotopic (exact) mass is 391 g/mol. The standard InChI is InChI=1S/C22H25N5O2/c1-15-11-16(2)19(25-13-15)7-9-24-22(29)26-20-8-10-27(21(20)28)14-18-5-3-17(12-23)4-6-18/h3-6,11,13,20H,7-10,14H2,1-2H3,(H2,24,26,29). The van der Waals surface area contributed by atoms with Gasteiger partial charge in [-0.1, -0.05) is 18.2 Å². The molecule has 1 saturated heterocycles. The fraction of sp³-hybridized carbons (Fsp3) is 0.364. The summed E-state index contributed by atoms with van der Waals surface area (Å²) in [6, 6.07) is 10.5. The molecule has 150 valence electrons. The van der Waals surface area contributed by atoms with Crippen LogP contribution in [0.15, 0.2) is 36.5 Å². The highest BCUT2D eigenvalue weighted by molar-refractivity contribution is 5.88. The van der Waals surface area contributed by atoms with Crippen molar-refractivity contribution >= 4 is 11.9 Å². The van der Waals surface area contributed by atoms with Crippen LogP contribution < -0.4 is 10.6 Å². The van der Waals surface area contributed by atoms with Crippen LogP contribution in [-0.2, 0) is 17.8 Å². The second-order valence-corrected chi connectivity index (χ2v) is 7.34. The lowest BCUT2D eigenvalue weighted by atomic mass is 10.1. The van der Waals surface area contributed by atoms with Gasteiger partial charge in [0.15, 0.2) is 0 Å². The Morgan fingerprint density at radius 2 is 2.07 bits per heavy atom. The summed E-state index contributed by atoms with van der Waals surface area (Å²) < 4.78 is 0. The predicted molar refractivity (Wildman–Crippen MR) is 109 cm³/mol. The molecule has 2 heterocycles. The average molecular weight is 391 g/mol. The molecule has 2 aromatic rings. The Kier molecular flexibility index (Phi) is 6.45. The minimum atomic E-state index is -0.507. The van der Waals surface area contributed by atoms with E-state index in [-0.39, 0.29) is 11.9 Å². The van der Waals surface area contributed by atoms with Crippen LogP contribution in [0.1, 0.15) is 34.4 Å². The second kappa shape index (κ2) is 9.20. The maximum absolute atomic E-state index is 12.6. The van der Waals surface area contributed by atoms with Crippen molar-refractivity contribution in [3.8, 4) is 6.07 Å². The fourth-order valence-corrected chi connectivity index (χ4v) is 3.44. The first-order valence-electron chi connectivity index (χ1n) is 9.70. The molecule has 1 fully saturated rings. The molecule has 3 amide bonds. The minimum absolute atomic E-state index is 0.0828. The highest BCUT2D eigenvalue weighted by Crippen LogP contribution is 2.15. The molecule has 0 saturated carbocycles. The zero-order chi connectivity index (χ0) is 20.8. The van der Waals surface area contributed by atoms with E-state index in [2.05, 4.69) is 27.8 Å². The summed E-state index contributed by atoms with van der Waals surface area (Å²) in [6.07, 6.45) is 3.05. The lowest BCUT2D eigenvalue weighted by molar-refractivity contribution is -0.129. The molecule has 0 radical (unpaired) electrons. The molecule has 1 unspecified atom stereocenters. The van der Waals surface area contributed by atoms with Gasteiger partial charge in [0.1, 0.15) is 6.04 Å². The number of aromatic nitrogens is 1. The Labute approximate surface area is 170 Å². The number of carbonyl (C=O) groups is 2. The quantitative estimate of drug-likeness (QED) is 0.789. The number of urea groups is 1. The van der Waals surface area contributed by atoms with Crippen molar-refractivity contribution in [2.24, 2.45) is 0 Å². The van der Waals surface area contributed by atoms with Crippen molar-refractivity contribution in [2.75, 3.05) is 13.1 Å². The maximum Gasteiger partial charge on any atom is 0.315 e. The van der Waals surface area contributed by atoms with E-state index in [1.807, 2.05) is 32.2 Å². The normalized spacial score (nSPS) is 15.8. The number of nitriles is 1. The van der Waals surface area contributed by atoms with Crippen LogP contribution in [0.5, 0.6) is 0 Å². The molecule has 1 aliphatic heterocycles. The molecule has 7 nitrogen and oxygen atoms in total. The third-order valence-electron chi connectivity index (χ3n) is 5.03. The SMILES string of the molecule is Cc1cnc(CCNC(=O)NC2CCN(Cc3ccc(C#N)cc3)C2=O)c(C)c1. The molecule has 1 aromatic heterocycles. The molecule has 0 aliphatic carbocycles. The van der Waals surface area contributed by atoms with Gasteiger partial charge in [-0.15, -0.1) is 0 Å². The summed E-state index contributed by atoms with van der Waals surface area (Å²) in [5.41, 5.74) is 4.73.